The lowest BCUT2D eigenvalue weighted by molar-refractivity contribution is -0.132. The van der Waals surface area contributed by atoms with Gasteiger partial charge < -0.3 is 9.80 Å². The van der Waals surface area contributed by atoms with Crippen LogP contribution in [0.5, 0.6) is 0 Å². The summed E-state index contributed by atoms with van der Waals surface area (Å²) in [5, 5.41) is 9.67. The fourth-order valence-corrected chi connectivity index (χ4v) is 5.05. The highest BCUT2D eigenvalue weighted by Gasteiger charge is 2.24. The molecule has 4 rings (SSSR count). The van der Waals surface area contributed by atoms with Gasteiger partial charge in [0.25, 0.3) is 0 Å². The van der Waals surface area contributed by atoms with Gasteiger partial charge in [0.2, 0.25) is 11.8 Å². The van der Waals surface area contributed by atoms with E-state index in [1.807, 2.05) is 23.1 Å². The summed E-state index contributed by atoms with van der Waals surface area (Å²) in [7, 11) is 3.54. The normalized spacial score (nSPS) is 17.5. The van der Waals surface area contributed by atoms with Crippen LogP contribution in [0.1, 0.15) is 18.7 Å². The number of piperazine rings is 1. The number of likely N-dealkylation sites (N-methyl/N-ethyl adjacent to an activating group) is 1. The SMILES string of the molecule is CN(C)C(=O)CN1CCN(C(=O)CSc2nnc(CN3CCCC3)n2-c2ccccc2)CC1. The lowest BCUT2D eigenvalue weighted by Crippen LogP contribution is -2.51. The molecule has 2 amide bonds. The second-order valence-corrected chi connectivity index (χ2v) is 9.73. The first kappa shape index (κ1) is 23.7. The summed E-state index contributed by atoms with van der Waals surface area (Å²) in [5.41, 5.74) is 1.02. The van der Waals surface area contributed by atoms with Gasteiger partial charge in [0.05, 0.1) is 18.8 Å². The summed E-state index contributed by atoms with van der Waals surface area (Å²) >= 11 is 1.44. The Kier molecular flexibility index (Phi) is 8.00. The zero-order valence-corrected chi connectivity index (χ0v) is 20.3. The van der Waals surface area contributed by atoms with E-state index in [-0.39, 0.29) is 11.8 Å². The number of rotatable bonds is 8. The smallest absolute Gasteiger partial charge is 0.236 e. The minimum absolute atomic E-state index is 0.0929. The van der Waals surface area contributed by atoms with Crippen LogP contribution in [-0.4, -0.2) is 112 Å². The van der Waals surface area contributed by atoms with Crippen LogP contribution in [0.15, 0.2) is 35.5 Å². The van der Waals surface area contributed by atoms with Gasteiger partial charge in [0.1, 0.15) is 0 Å². The monoisotopic (exact) mass is 471 g/mol. The average Bonchev–Trinajstić information content (AvgIpc) is 3.48. The van der Waals surface area contributed by atoms with Gasteiger partial charge in [0.15, 0.2) is 11.0 Å². The summed E-state index contributed by atoms with van der Waals surface area (Å²) in [4.78, 5) is 32.8. The number of nitrogens with zero attached hydrogens (tertiary/aromatic N) is 7. The quantitative estimate of drug-likeness (QED) is 0.535. The molecule has 1 aromatic carbocycles. The van der Waals surface area contributed by atoms with E-state index < -0.39 is 0 Å². The minimum Gasteiger partial charge on any atom is -0.348 e. The number of aromatic nitrogens is 3. The van der Waals surface area contributed by atoms with Crippen molar-refractivity contribution in [2.45, 2.75) is 24.5 Å². The third kappa shape index (κ3) is 6.13. The third-order valence-corrected chi connectivity index (χ3v) is 7.10. The lowest BCUT2D eigenvalue weighted by atomic mass is 10.3. The molecule has 2 fully saturated rings. The number of carbonyl (C=O) groups is 2. The van der Waals surface area contributed by atoms with Crippen molar-refractivity contribution in [2.75, 3.05) is 65.7 Å². The molecule has 2 aliphatic heterocycles. The van der Waals surface area contributed by atoms with Gasteiger partial charge in [-0.1, -0.05) is 30.0 Å². The molecule has 0 unspecified atom stereocenters. The summed E-state index contributed by atoms with van der Waals surface area (Å²) in [6.45, 7) is 6.08. The molecule has 0 atom stereocenters. The number of para-hydroxylation sites is 1. The van der Waals surface area contributed by atoms with E-state index in [0.717, 1.165) is 49.4 Å². The first-order valence-corrected chi connectivity index (χ1v) is 12.5. The van der Waals surface area contributed by atoms with E-state index in [1.54, 1.807) is 19.0 Å². The summed E-state index contributed by atoms with van der Waals surface area (Å²) in [6, 6.07) is 10.1. The molecule has 0 radical (unpaired) electrons. The second-order valence-electron chi connectivity index (χ2n) is 8.79. The highest BCUT2D eigenvalue weighted by Crippen LogP contribution is 2.24. The highest BCUT2D eigenvalue weighted by molar-refractivity contribution is 7.99. The van der Waals surface area contributed by atoms with E-state index in [4.69, 9.17) is 0 Å². The minimum atomic E-state index is 0.0929. The van der Waals surface area contributed by atoms with Crippen LogP contribution < -0.4 is 0 Å². The Morgan fingerprint density at radius 2 is 1.64 bits per heavy atom. The van der Waals surface area contributed by atoms with Gasteiger partial charge in [-0.25, -0.2) is 0 Å². The number of benzene rings is 1. The van der Waals surface area contributed by atoms with Crippen molar-refractivity contribution in [3.8, 4) is 5.69 Å². The second kappa shape index (κ2) is 11.1. The third-order valence-electron chi connectivity index (χ3n) is 6.19. The average molecular weight is 472 g/mol. The van der Waals surface area contributed by atoms with Crippen LogP contribution in [0.3, 0.4) is 0 Å². The summed E-state index contributed by atoms with van der Waals surface area (Å²) in [5.74, 6) is 1.43. The number of hydrogen-bond donors (Lipinski definition) is 0. The predicted molar refractivity (Wildman–Crippen MR) is 128 cm³/mol. The molecule has 9 nitrogen and oxygen atoms in total. The van der Waals surface area contributed by atoms with Crippen LogP contribution in [0, 0.1) is 0 Å². The molecular formula is C23H33N7O2S. The molecule has 0 spiro atoms. The zero-order chi connectivity index (χ0) is 23.2. The van der Waals surface area contributed by atoms with Gasteiger partial charge in [-0.15, -0.1) is 10.2 Å². The molecule has 0 saturated carbocycles. The largest absolute Gasteiger partial charge is 0.348 e. The van der Waals surface area contributed by atoms with E-state index in [0.29, 0.717) is 25.4 Å². The maximum atomic E-state index is 12.9. The molecule has 0 aliphatic carbocycles. The van der Waals surface area contributed by atoms with Gasteiger partial charge >= 0.3 is 0 Å². The van der Waals surface area contributed by atoms with Crippen molar-refractivity contribution in [3.63, 3.8) is 0 Å². The van der Waals surface area contributed by atoms with Crippen LogP contribution in [0.4, 0.5) is 0 Å². The van der Waals surface area contributed by atoms with E-state index in [1.165, 1.54) is 24.6 Å². The summed E-state index contributed by atoms with van der Waals surface area (Å²) in [6.07, 6.45) is 2.46. The van der Waals surface area contributed by atoms with E-state index >= 15 is 0 Å². The van der Waals surface area contributed by atoms with Crippen molar-refractivity contribution < 1.29 is 9.59 Å². The Balaban J connectivity index is 1.36. The Hall–Kier alpha value is -2.43. The van der Waals surface area contributed by atoms with Crippen LogP contribution in [0.2, 0.25) is 0 Å². The number of likely N-dealkylation sites (tertiary alicyclic amines) is 1. The molecule has 10 heteroatoms. The van der Waals surface area contributed by atoms with Gasteiger partial charge in [-0.3, -0.25) is 24.0 Å². The maximum Gasteiger partial charge on any atom is 0.236 e. The molecule has 0 N–H and O–H groups in total. The van der Waals surface area contributed by atoms with E-state index in [2.05, 4.69) is 36.7 Å². The molecule has 0 bridgehead atoms. The Morgan fingerprint density at radius 1 is 0.939 bits per heavy atom. The number of amides is 2. The Labute approximate surface area is 199 Å². The lowest BCUT2D eigenvalue weighted by Gasteiger charge is -2.34. The number of hydrogen-bond acceptors (Lipinski definition) is 7. The molecule has 1 aromatic heterocycles. The first-order valence-electron chi connectivity index (χ1n) is 11.6. The zero-order valence-electron chi connectivity index (χ0n) is 19.5. The molecule has 2 saturated heterocycles. The topological polar surface area (TPSA) is 77.8 Å². The summed E-state index contributed by atoms with van der Waals surface area (Å²) < 4.78 is 2.08. The Bertz CT molecular complexity index is 936. The number of thioether (sulfide) groups is 1. The molecule has 2 aliphatic rings. The molecular weight excluding hydrogens is 438 g/mol. The molecule has 3 heterocycles. The van der Waals surface area contributed by atoms with Crippen LogP contribution in [-0.2, 0) is 16.1 Å². The standard InChI is InChI=1S/C23H33N7O2S/c1-26(2)21(31)17-28-12-14-29(15-13-28)22(32)18-33-23-25-24-20(16-27-10-6-7-11-27)30(23)19-8-4-3-5-9-19/h3-5,8-9H,6-7,10-18H2,1-2H3. The van der Waals surface area contributed by atoms with Gasteiger partial charge in [-0.2, -0.15) is 0 Å². The Morgan fingerprint density at radius 3 is 2.30 bits per heavy atom. The van der Waals surface area contributed by atoms with E-state index in [9.17, 15) is 9.59 Å². The molecule has 178 valence electrons. The predicted octanol–water partition coefficient (Wildman–Crippen LogP) is 1.19. The fourth-order valence-electron chi connectivity index (χ4n) is 4.18. The van der Waals surface area contributed by atoms with Gasteiger partial charge in [-0.05, 0) is 38.1 Å². The fraction of sp³-hybridized carbons (Fsp3) is 0.565. The van der Waals surface area contributed by atoms with Crippen molar-refractivity contribution in [2.24, 2.45) is 0 Å². The van der Waals surface area contributed by atoms with Crippen molar-refractivity contribution in [1.82, 2.24) is 34.4 Å². The first-order chi connectivity index (χ1) is 16.0. The highest BCUT2D eigenvalue weighted by atomic mass is 32.2. The number of carbonyl (C=O) groups excluding carboxylic acids is 2. The molecule has 33 heavy (non-hydrogen) atoms. The molecule has 2 aromatic rings. The van der Waals surface area contributed by atoms with Crippen molar-refractivity contribution >= 4 is 23.6 Å². The van der Waals surface area contributed by atoms with Gasteiger partial charge in [0, 0.05) is 46.0 Å². The van der Waals surface area contributed by atoms with Crippen LogP contribution >= 0.6 is 11.8 Å². The van der Waals surface area contributed by atoms with Crippen molar-refractivity contribution in [1.29, 1.82) is 0 Å². The van der Waals surface area contributed by atoms with Crippen molar-refractivity contribution in [3.05, 3.63) is 36.2 Å². The van der Waals surface area contributed by atoms with Crippen LogP contribution in [0.25, 0.3) is 5.69 Å². The maximum absolute atomic E-state index is 12.9.